The van der Waals surface area contributed by atoms with Crippen molar-refractivity contribution in [3.8, 4) is 0 Å². The Morgan fingerprint density at radius 1 is 1.12 bits per heavy atom. The number of alkyl halides is 3. The highest BCUT2D eigenvalue weighted by Crippen LogP contribution is 2.46. The van der Waals surface area contributed by atoms with Crippen LogP contribution in [0.4, 0.5) is 27.6 Å². The Kier molecular flexibility index (Phi) is 6.37. The van der Waals surface area contributed by atoms with Crippen LogP contribution in [0.5, 0.6) is 0 Å². The second-order valence-electron chi connectivity index (χ2n) is 8.42. The van der Waals surface area contributed by atoms with E-state index in [0.29, 0.717) is 36.5 Å². The quantitative estimate of drug-likeness (QED) is 0.396. The number of fused-ring (bicyclic) bond motifs is 1. The molecule has 174 valence electrons. The van der Waals surface area contributed by atoms with E-state index >= 15 is 0 Å². The summed E-state index contributed by atoms with van der Waals surface area (Å²) in [5, 5.41) is 0. The molecule has 0 bridgehead atoms. The van der Waals surface area contributed by atoms with E-state index in [0.717, 1.165) is 23.4 Å². The molecule has 1 atom stereocenters. The lowest BCUT2D eigenvalue weighted by Crippen LogP contribution is -2.42. The molecule has 3 nitrogen and oxygen atoms in total. The molecule has 1 unspecified atom stereocenters. The molecule has 33 heavy (non-hydrogen) atoms. The van der Waals surface area contributed by atoms with Gasteiger partial charge in [0.25, 0.3) is 0 Å². The van der Waals surface area contributed by atoms with Crippen molar-refractivity contribution in [2.24, 2.45) is 16.1 Å². The Morgan fingerprint density at radius 2 is 1.85 bits per heavy atom. The molecule has 1 fully saturated rings. The maximum Gasteiger partial charge on any atom is 0.419 e. The predicted octanol–water partition coefficient (Wildman–Crippen LogP) is 6.65. The van der Waals surface area contributed by atoms with E-state index in [-0.39, 0.29) is 11.2 Å². The van der Waals surface area contributed by atoms with Crippen molar-refractivity contribution in [1.82, 2.24) is 4.31 Å². The molecule has 1 saturated heterocycles. The predicted molar refractivity (Wildman–Crippen MR) is 120 cm³/mol. The molecular weight excluding hydrogens is 457 g/mol. The average molecular weight is 480 g/mol. The van der Waals surface area contributed by atoms with E-state index in [2.05, 4.69) is 11.9 Å². The van der Waals surface area contributed by atoms with Gasteiger partial charge in [0.1, 0.15) is 11.6 Å². The summed E-state index contributed by atoms with van der Waals surface area (Å²) in [4.78, 5) is 4.96. The number of nitrogens with zero attached hydrogens (tertiary/aromatic N) is 2. The smallest absolute Gasteiger partial charge is 0.404 e. The first kappa shape index (κ1) is 23.5. The fourth-order valence-corrected chi connectivity index (χ4v) is 5.34. The Labute approximate surface area is 193 Å². The van der Waals surface area contributed by atoms with Crippen molar-refractivity contribution in [3.05, 3.63) is 83.1 Å². The van der Waals surface area contributed by atoms with Gasteiger partial charge in [-0.15, -0.1) is 0 Å². The summed E-state index contributed by atoms with van der Waals surface area (Å²) < 4.78 is 68.0. The van der Waals surface area contributed by atoms with Crippen molar-refractivity contribution < 1.29 is 22.0 Å². The summed E-state index contributed by atoms with van der Waals surface area (Å²) in [6.45, 7) is 3.30. The lowest BCUT2D eigenvalue weighted by atomic mass is 9.69. The van der Waals surface area contributed by atoms with Gasteiger partial charge in [-0.1, -0.05) is 12.5 Å². The lowest BCUT2D eigenvalue weighted by Gasteiger charge is -2.44. The summed E-state index contributed by atoms with van der Waals surface area (Å²) in [5.41, 5.74) is 7.73. The highest BCUT2D eigenvalue weighted by Gasteiger charge is 2.40. The Hall–Kier alpha value is -2.65. The van der Waals surface area contributed by atoms with Gasteiger partial charge in [-0.05, 0) is 85.1 Å². The topological polar surface area (TPSA) is 41.6 Å². The minimum absolute atomic E-state index is 0.273. The van der Waals surface area contributed by atoms with Gasteiger partial charge in [-0.25, -0.2) is 18.1 Å². The van der Waals surface area contributed by atoms with E-state index in [1.165, 1.54) is 41.9 Å². The molecule has 0 amide bonds. The fourth-order valence-electron chi connectivity index (χ4n) is 4.21. The zero-order valence-electron chi connectivity index (χ0n) is 17.8. The molecule has 9 heteroatoms. The minimum atomic E-state index is -4.74. The molecule has 2 aliphatic rings. The Morgan fingerprint density at radius 3 is 2.52 bits per heavy atom. The molecule has 4 rings (SSSR count). The van der Waals surface area contributed by atoms with Crippen LogP contribution in [0.3, 0.4) is 0 Å². The number of aliphatic imine (C=N–C) groups is 1. The van der Waals surface area contributed by atoms with Crippen LogP contribution in [-0.4, -0.2) is 23.1 Å². The van der Waals surface area contributed by atoms with E-state index in [4.69, 9.17) is 5.73 Å². The summed E-state index contributed by atoms with van der Waals surface area (Å²) >= 11 is 1.19. The summed E-state index contributed by atoms with van der Waals surface area (Å²) in [6.07, 6.45) is 0.103. The molecule has 1 aliphatic heterocycles. The van der Waals surface area contributed by atoms with Crippen LogP contribution in [-0.2, 0) is 6.18 Å². The molecule has 1 aliphatic carbocycles. The molecule has 2 aromatic carbocycles. The molecule has 0 aromatic heterocycles. The second-order valence-corrected chi connectivity index (χ2v) is 9.59. The number of piperidine rings is 1. The van der Waals surface area contributed by atoms with Crippen LogP contribution in [0.1, 0.15) is 25.3 Å². The summed E-state index contributed by atoms with van der Waals surface area (Å²) in [7, 11) is 0. The van der Waals surface area contributed by atoms with Crippen molar-refractivity contribution in [1.29, 1.82) is 0 Å². The van der Waals surface area contributed by atoms with Crippen LogP contribution in [0.2, 0.25) is 0 Å². The van der Waals surface area contributed by atoms with Gasteiger partial charge in [-0.3, -0.25) is 0 Å². The lowest BCUT2D eigenvalue weighted by molar-refractivity contribution is -0.140. The van der Waals surface area contributed by atoms with E-state index in [1.54, 1.807) is 12.1 Å². The van der Waals surface area contributed by atoms with Crippen molar-refractivity contribution in [2.45, 2.75) is 30.8 Å². The number of allylic oxidation sites excluding steroid dienone is 2. The van der Waals surface area contributed by atoms with Crippen LogP contribution in [0.15, 0.2) is 75.8 Å². The number of nitrogens with two attached hydrogens (primary N) is 1. The third kappa shape index (κ3) is 5.14. The molecule has 2 aromatic rings. The normalized spacial score (nSPS) is 24.1. The van der Waals surface area contributed by atoms with E-state index in [1.807, 2.05) is 10.4 Å². The first-order valence-corrected chi connectivity index (χ1v) is 11.1. The first-order chi connectivity index (χ1) is 15.6. The van der Waals surface area contributed by atoms with Crippen molar-refractivity contribution >= 4 is 23.3 Å². The van der Waals surface area contributed by atoms with Gasteiger partial charge in [0.05, 0.1) is 17.0 Å². The number of hydrogen-bond acceptors (Lipinski definition) is 4. The summed E-state index contributed by atoms with van der Waals surface area (Å²) in [5.74, 6) is -1.61. The Balaban J connectivity index is 1.55. The van der Waals surface area contributed by atoms with Crippen LogP contribution < -0.4 is 5.73 Å². The zero-order valence-corrected chi connectivity index (χ0v) is 18.6. The number of rotatable bonds is 3. The van der Waals surface area contributed by atoms with Crippen LogP contribution in [0, 0.1) is 17.0 Å². The number of benzene rings is 2. The fraction of sp³-hybridized carbons (Fsp3) is 0.292. The van der Waals surface area contributed by atoms with Crippen LogP contribution >= 0.6 is 11.9 Å². The largest absolute Gasteiger partial charge is 0.419 e. The van der Waals surface area contributed by atoms with Gasteiger partial charge in [0.15, 0.2) is 0 Å². The maximum atomic E-state index is 13.6. The standard InChI is InChI=1S/C24H22F5N3S/c1-23-12-15(13-30)22(31-18-4-2-17(25)3-5-18)10-16(23)8-9-32(14-23)33-19-6-7-21(26)20(11-19)24(27,28)29/h2-7,10-11,13H,8-9,12,14,30H2,1H3. The van der Waals surface area contributed by atoms with Gasteiger partial charge in [0.2, 0.25) is 0 Å². The van der Waals surface area contributed by atoms with E-state index < -0.39 is 17.6 Å². The maximum absolute atomic E-state index is 13.6. The number of hydrogen-bond donors (Lipinski definition) is 1. The third-order valence-corrected chi connectivity index (χ3v) is 6.94. The molecule has 0 spiro atoms. The molecular formula is C24H22F5N3S. The van der Waals surface area contributed by atoms with Gasteiger partial charge >= 0.3 is 6.18 Å². The Bertz CT molecular complexity index is 1140. The van der Waals surface area contributed by atoms with E-state index in [9.17, 15) is 22.0 Å². The molecule has 0 radical (unpaired) electrons. The molecule has 2 N–H and O–H groups in total. The average Bonchev–Trinajstić information content (AvgIpc) is 2.75. The third-order valence-electron chi connectivity index (χ3n) is 5.91. The highest BCUT2D eigenvalue weighted by atomic mass is 32.2. The van der Waals surface area contributed by atoms with Gasteiger partial charge < -0.3 is 5.73 Å². The van der Waals surface area contributed by atoms with Gasteiger partial charge in [0, 0.05) is 23.4 Å². The summed E-state index contributed by atoms with van der Waals surface area (Å²) in [6, 6.07) is 8.97. The SMILES string of the molecule is CC12CC(=CN)C(=Nc3ccc(F)cc3)C=C1CCN(Sc1ccc(F)c(C(F)(F)F)c1)C2. The molecule has 0 saturated carbocycles. The van der Waals surface area contributed by atoms with Crippen LogP contribution in [0.25, 0.3) is 0 Å². The molecule has 1 heterocycles. The zero-order chi connectivity index (χ0) is 23.8. The second kappa shape index (κ2) is 8.95. The number of halogens is 5. The monoisotopic (exact) mass is 479 g/mol. The first-order valence-electron chi connectivity index (χ1n) is 10.3. The minimum Gasteiger partial charge on any atom is -0.404 e. The highest BCUT2D eigenvalue weighted by molar-refractivity contribution is 7.97. The van der Waals surface area contributed by atoms with Gasteiger partial charge in [-0.2, -0.15) is 13.2 Å². The van der Waals surface area contributed by atoms with Crippen molar-refractivity contribution in [3.63, 3.8) is 0 Å². The van der Waals surface area contributed by atoms with Crippen molar-refractivity contribution in [2.75, 3.05) is 13.1 Å².